The molecule has 0 bridgehead atoms. The number of hydrogen-bond acceptors (Lipinski definition) is 3. The molecule has 1 fully saturated rings. The van der Waals surface area contributed by atoms with Crippen molar-refractivity contribution in [2.45, 2.75) is 51.9 Å². The molecule has 2 rings (SSSR count). The van der Waals surface area contributed by atoms with Gasteiger partial charge in [0.1, 0.15) is 0 Å². The van der Waals surface area contributed by atoms with Gasteiger partial charge in [-0.1, -0.05) is 19.8 Å². The highest BCUT2D eigenvalue weighted by Crippen LogP contribution is 2.37. The van der Waals surface area contributed by atoms with Gasteiger partial charge in [-0.25, -0.2) is 4.98 Å². The van der Waals surface area contributed by atoms with Gasteiger partial charge in [0.25, 0.3) is 0 Å². The second-order valence-electron chi connectivity index (χ2n) is 4.22. The molecule has 1 saturated carbocycles. The van der Waals surface area contributed by atoms with Crippen LogP contribution in [-0.4, -0.2) is 10.8 Å². The Morgan fingerprint density at radius 3 is 2.67 bits per heavy atom. The maximum atomic E-state index is 11.3. The third kappa shape index (κ3) is 2.12. The van der Waals surface area contributed by atoms with E-state index in [1.165, 1.54) is 36.3 Å². The van der Waals surface area contributed by atoms with Crippen LogP contribution in [0.2, 0.25) is 0 Å². The van der Waals surface area contributed by atoms with E-state index in [2.05, 4.69) is 11.9 Å². The minimum absolute atomic E-state index is 0.110. The van der Waals surface area contributed by atoms with Crippen LogP contribution in [0.5, 0.6) is 0 Å². The molecule has 0 aromatic carbocycles. The lowest BCUT2D eigenvalue weighted by molar-refractivity contribution is 0.101. The zero-order valence-electron chi connectivity index (χ0n) is 9.38. The van der Waals surface area contributed by atoms with Crippen LogP contribution in [0.15, 0.2) is 0 Å². The van der Waals surface area contributed by atoms with Crippen LogP contribution in [0, 0.1) is 0 Å². The Kier molecular flexibility index (Phi) is 3.19. The van der Waals surface area contributed by atoms with E-state index in [0.717, 1.165) is 6.42 Å². The summed E-state index contributed by atoms with van der Waals surface area (Å²) in [6.45, 7) is 3.76. The number of thiazole rings is 1. The van der Waals surface area contributed by atoms with Crippen LogP contribution < -0.4 is 0 Å². The summed E-state index contributed by atoms with van der Waals surface area (Å²) < 4.78 is 0. The summed E-state index contributed by atoms with van der Waals surface area (Å²) in [6.07, 6.45) is 6.17. The molecule has 1 heterocycles. The first-order valence-corrected chi connectivity index (χ1v) is 6.54. The molecule has 0 spiro atoms. The number of hydrogen-bond donors (Lipinski definition) is 0. The van der Waals surface area contributed by atoms with Crippen LogP contribution in [0.4, 0.5) is 0 Å². The number of aryl methyl sites for hydroxylation is 1. The average molecular weight is 223 g/mol. The molecule has 0 atom stereocenters. The van der Waals surface area contributed by atoms with Crippen LogP contribution in [-0.2, 0) is 6.42 Å². The van der Waals surface area contributed by atoms with Gasteiger partial charge < -0.3 is 0 Å². The van der Waals surface area contributed by atoms with Gasteiger partial charge in [-0.15, -0.1) is 11.3 Å². The number of carbonyl (C=O) groups is 1. The molecule has 0 unspecified atom stereocenters. The fraction of sp³-hybridized carbons (Fsp3) is 0.667. The van der Waals surface area contributed by atoms with Crippen LogP contribution >= 0.6 is 11.3 Å². The first-order valence-electron chi connectivity index (χ1n) is 5.73. The van der Waals surface area contributed by atoms with Gasteiger partial charge in [0.2, 0.25) is 0 Å². The van der Waals surface area contributed by atoms with Crippen LogP contribution in [0.25, 0.3) is 0 Å². The molecule has 0 N–H and O–H groups in total. The van der Waals surface area contributed by atoms with Gasteiger partial charge in [0.05, 0.1) is 5.69 Å². The quantitative estimate of drug-likeness (QED) is 0.733. The molecule has 1 aliphatic rings. The Hall–Kier alpha value is -0.700. The standard InChI is InChI=1S/C12H17NOS/c1-3-10-11(9-6-4-5-7-9)13-12(15-10)8(2)14/h9H,3-7H2,1-2H3. The topological polar surface area (TPSA) is 30.0 Å². The first kappa shape index (κ1) is 10.8. The van der Waals surface area contributed by atoms with E-state index in [1.807, 2.05) is 0 Å². The first-order chi connectivity index (χ1) is 7.22. The van der Waals surface area contributed by atoms with E-state index in [-0.39, 0.29) is 5.78 Å². The van der Waals surface area contributed by atoms with Crippen molar-refractivity contribution in [1.82, 2.24) is 4.98 Å². The zero-order chi connectivity index (χ0) is 10.8. The predicted molar refractivity (Wildman–Crippen MR) is 62.7 cm³/mol. The summed E-state index contributed by atoms with van der Waals surface area (Å²) >= 11 is 1.59. The van der Waals surface area contributed by atoms with Gasteiger partial charge in [-0.05, 0) is 19.3 Å². The van der Waals surface area contributed by atoms with Gasteiger partial charge in [0.15, 0.2) is 10.8 Å². The Bertz CT molecular complexity index is 364. The molecule has 0 amide bonds. The minimum atomic E-state index is 0.110. The third-order valence-electron chi connectivity index (χ3n) is 3.09. The third-order valence-corrected chi connectivity index (χ3v) is 4.41. The SMILES string of the molecule is CCc1sc(C(C)=O)nc1C1CCCC1. The predicted octanol–water partition coefficient (Wildman–Crippen LogP) is 3.57. The molecular weight excluding hydrogens is 206 g/mol. The molecule has 15 heavy (non-hydrogen) atoms. The molecule has 82 valence electrons. The molecule has 1 aliphatic carbocycles. The van der Waals surface area contributed by atoms with Crippen molar-refractivity contribution in [1.29, 1.82) is 0 Å². The Labute approximate surface area is 94.7 Å². The highest BCUT2D eigenvalue weighted by atomic mass is 32.1. The summed E-state index contributed by atoms with van der Waals surface area (Å²) in [4.78, 5) is 17.1. The molecular formula is C12H17NOS. The van der Waals surface area contributed by atoms with E-state index in [1.54, 1.807) is 18.3 Å². The fourth-order valence-corrected chi connectivity index (χ4v) is 3.27. The van der Waals surface area contributed by atoms with Crippen molar-refractivity contribution in [2.24, 2.45) is 0 Å². The van der Waals surface area contributed by atoms with Gasteiger partial charge in [-0.2, -0.15) is 0 Å². The Balaban J connectivity index is 2.31. The monoisotopic (exact) mass is 223 g/mol. The number of carbonyl (C=O) groups excluding carboxylic acids is 1. The lowest BCUT2D eigenvalue weighted by Gasteiger charge is -2.06. The summed E-state index contributed by atoms with van der Waals surface area (Å²) in [6, 6.07) is 0. The number of Topliss-reactive ketones (excluding diaryl/α,β-unsaturated/α-hetero) is 1. The molecule has 0 saturated heterocycles. The smallest absolute Gasteiger partial charge is 0.188 e. The lowest BCUT2D eigenvalue weighted by Crippen LogP contribution is -1.98. The summed E-state index contributed by atoms with van der Waals surface area (Å²) in [5.74, 6) is 0.739. The number of aromatic nitrogens is 1. The highest BCUT2D eigenvalue weighted by Gasteiger charge is 2.23. The molecule has 3 heteroatoms. The Morgan fingerprint density at radius 1 is 1.47 bits per heavy atom. The summed E-state index contributed by atoms with van der Waals surface area (Å²) in [7, 11) is 0. The fourth-order valence-electron chi connectivity index (χ4n) is 2.29. The highest BCUT2D eigenvalue weighted by molar-refractivity contribution is 7.13. The van der Waals surface area contributed by atoms with E-state index < -0.39 is 0 Å². The second-order valence-corrected chi connectivity index (χ2v) is 5.30. The van der Waals surface area contributed by atoms with Crippen LogP contribution in [0.1, 0.15) is 65.8 Å². The molecule has 2 nitrogen and oxygen atoms in total. The van der Waals surface area contributed by atoms with E-state index in [9.17, 15) is 4.79 Å². The van der Waals surface area contributed by atoms with E-state index >= 15 is 0 Å². The van der Waals surface area contributed by atoms with Crippen molar-refractivity contribution in [3.8, 4) is 0 Å². The van der Waals surface area contributed by atoms with Gasteiger partial charge >= 0.3 is 0 Å². The van der Waals surface area contributed by atoms with Crippen molar-refractivity contribution < 1.29 is 4.79 Å². The van der Waals surface area contributed by atoms with Crippen LogP contribution in [0.3, 0.4) is 0 Å². The normalized spacial score (nSPS) is 17.2. The number of ketones is 1. The largest absolute Gasteiger partial charge is 0.292 e. The van der Waals surface area contributed by atoms with Gasteiger partial charge in [0, 0.05) is 17.7 Å². The zero-order valence-corrected chi connectivity index (χ0v) is 10.2. The number of nitrogens with zero attached hydrogens (tertiary/aromatic N) is 1. The van der Waals surface area contributed by atoms with Gasteiger partial charge in [-0.3, -0.25) is 4.79 Å². The summed E-state index contributed by atoms with van der Waals surface area (Å²) in [5, 5.41) is 0.703. The molecule has 0 aliphatic heterocycles. The Morgan fingerprint density at radius 2 is 2.13 bits per heavy atom. The van der Waals surface area contributed by atoms with Crippen molar-refractivity contribution in [3.05, 3.63) is 15.6 Å². The average Bonchev–Trinajstić information content (AvgIpc) is 2.86. The lowest BCUT2D eigenvalue weighted by atomic mass is 10.0. The molecule has 1 aromatic heterocycles. The van der Waals surface area contributed by atoms with E-state index in [0.29, 0.717) is 10.9 Å². The maximum absolute atomic E-state index is 11.3. The maximum Gasteiger partial charge on any atom is 0.188 e. The van der Waals surface area contributed by atoms with Crippen molar-refractivity contribution in [3.63, 3.8) is 0 Å². The molecule has 1 aromatic rings. The summed E-state index contributed by atoms with van der Waals surface area (Å²) in [5.41, 5.74) is 1.23. The number of rotatable bonds is 3. The second kappa shape index (κ2) is 4.44. The minimum Gasteiger partial charge on any atom is -0.292 e. The molecule has 0 radical (unpaired) electrons. The van der Waals surface area contributed by atoms with Crippen molar-refractivity contribution >= 4 is 17.1 Å². The van der Waals surface area contributed by atoms with E-state index in [4.69, 9.17) is 0 Å². The van der Waals surface area contributed by atoms with Crippen molar-refractivity contribution in [2.75, 3.05) is 0 Å².